The molecule has 0 spiro atoms. The second-order valence-corrected chi connectivity index (χ2v) is 8.02. The van der Waals surface area contributed by atoms with Gasteiger partial charge in [0.25, 0.3) is 11.8 Å². The summed E-state index contributed by atoms with van der Waals surface area (Å²) >= 11 is 0. The van der Waals surface area contributed by atoms with Crippen LogP contribution in [-0.2, 0) is 11.3 Å². The maximum atomic E-state index is 12.9. The van der Waals surface area contributed by atoms with Gasteiger partial charge >= 0.3 is 0 Å². The van der Waals surface area contributed by atoms with Crippen LogP contribution in [0.15, 0.2) is 42.5 Å². The van der Waals surface area contributed by atoms with Crippen molar-refractivity contribution in [2.24, 2.45) is 5.73 Å². The van der Waals surface area contributed by atoms with Gasteiger partial charge in [-0.25, -0.2) is 0 Å². The molecule has 0 atom stereocenters. The Hall–Kier alpha value is -2.90. The Balaban J connectivity index is 1.41. The molecule has 0 aromatic heterocycles. The molecule has 1 aliphatic heterocycles. The highest BCUT2D eigenvalue weighted by atomic mass is 16.3. The molecular weight excluding hydrogens is 380 g/mol. The van der Waals surface area contributed by atoms with Crippen molar-refractivity contribution in [1.29, 1.82) is 0 Å². The van der Waals surface area contributed by atoms with Crippen molar-refractivity contribution in [2.45, 2.75) is 25.0 Å². The van der Waals surface area contributed by atoms with Crippen molar-refractivity contribution in [3.05, 3.63) is 53.6 Å². The number of piperazine rings is 1. The number of rotatable bonds is 5. The lowest BCUT2D eigenvalue weighted by atomic mass is 10.0. The molecule has 1 heterocycles. The monoisotopic (exact) mass is 408 g/mol. The maximum Gasteiger partial charge on any atom is 0.254 e. The molecule has 2 amide bonds. The number of carbonyl (C=O) groups is 2. The molecule has 2 aromatic rings. The van der Waals surface area contributed by atoms with Gasteiger partial charge in [-0.2, -0.15) is 0 Å². The molecule has 30 heavy (non-hydrogen) atoms. The number of hydrogen-bond acceptors (Lipinski definition) is 5. The summed E-state index contributed by atoms with van der Waals surface area (Å²) in [4.78, 5) is 28.6. The maximum absolute atomic E-state index is 12.9. The van der Waals surface area contributed by atoms with Gasteiger partial charge < -0.3 is 26.0 Å². The minimum absolute atomic E-state index is 0.0341. The van der Waals surface area contributed by atoms with Gasteiger partial charge in [-0.05, 0) is 47.7 Å². The predicted octanol–water partition coefficient (Wildman–Crippen LogP) is 1.66. The molecule has 158 valence electrons. The van der Waals surface area contributed by atoms with Gasteiger partial charge in [0.05, 0.1) is 0 Å². The molecule has 4 rings (SSSR count). The lowest BCUT2D eigenvalue weighted by Gasteiger charge is -2.35. The molecule has 0 radical (unpaired) electrons. The summed E-state index contributed by atoms with van der Waals surface area (Å²) in [6, 6.07) is 13.7. The zero-order valence-electron chi connectivity index (χ0n) is 17.2. The van der Waals surface area contributed by atoms with Gasteiger partial charge in [0, 0.05) is 51.0 Å². The highest BCUT2D eigenvalue weighted by Gasteiger charge is 2.50. The first kappa shape index (κ1) is 20.4. The van der Waals surface area contributed by atoms with Crippen LogP contribution in [0.5, 0.6) is 0 Å². The van der Waals surface area contributed by atoms with E-state index in [1.807, 2.05) is 43.4 Å². The zero-order valence-corrected chi connectivity index (χ0v) is 17.2. The SMILES string of the molecule is CNc1cc(-c2ccc(C(=O)N3CCN(C(=O)C4(O)CC4)CC3)cc2)ccc1CN. The number of amides is 2. The fraction of sp³-hybridized carbons (Fsp3) is 0.391. The molecule has 7 nitrogen and oxygen atoms in total. The van der Waals surface area contributed by atoms with E-state index in [-0.39, 0.29) is 11.8 Å². The number of nitrogens with one attached hydrogen (secondary N) is 1. The number of anilines is 1. The van der Waals surface area contributed by atoms with Crippen LogP contribution in [0.2, 0.25) is 0 Å². The zero-order chi connectivity index (χ0) is 21.3. The summed E-state index contributed by atoms with van der Waals surface area (Å²) < 4.78 is 0. The number of nitrogens with two attached hydrogens (primary N) is 1. The van der Waals surface area contributed by atoms with Gasteiger partial charge in [-0.1, -0.05) is 24.3 Å². The molecule has 2 fully saturated rings. The van der Waals surface area contributed by atoms with E-state index in [0.29, 0.717) is 51.1 Å². The molecule has 0 bridgehead atoms. The molecule has 2 aromatic carbocycles. The molecular formula is C23H28N4O3. The van der Waals surface area contributed by atoms with Crippen LogP contribution in [-0.4, -0.2) is 65.5 Å². The summed E-state index contributed by atoms with van der Waals surface area (Å²) in [6.07, 6.45) is 1.09. The largest absolute Gasteiger partial charge is 0.388 e. The second-order valence-electron chi connectivity index (χ2n) is 8.02. The molecule has 1 aliphatic carbocycles. The van der Waals surface area contributed by atoms with E-state index in [1.54, 1.807) is 9.80 Å². The third-order valence-electron chi connectivity index (χ3n) is 6.04. The van der Waals surface area contributed by atoms with Crippen LogP contribution >= 0.6 is 0 Å². The highest BCUT2D eigenvalue weighted by molar-refractivity contribution is 5.95. The Morgan fingerprint density at radius 1 is 1.00 bits per heavy atom. The van der Waals surface area contributed by atoms with Gasteiger partial charge in [-0.15, -0.1) is 0 Å². The summed E-state index contributed by atoms with van der Waals surface area (Å²) in [5.74, 6) is -0.228. The quantitative estimate of drug-likeness (QED) is 0.699. The van der Waals surface area contributed by atoms with Crippen molar-refractivity contribution < 1.29 is 14.7 Å². The minimum atomic E-state index is -1.14. The topological polar surface area (TPSA) is 98.9 Å². The van der Waals surface area contributed by atoms with Gasteiger partial charge in [-0.3, -0.25) is 9.59 Å². The summed E-state index contributed by atoms with van der Waals surface area (Å²) in [5.41, 5.74) is 9.40. The van der Waals surface area contributed by atoms with Gasteiger partial charge in [0.2, 0.25) is 0 Å². The average molecular weight is 409 g/mol. The van der Waals surface area contributed by atoms with Crippen LogP contribution in [0.1, 0.15) is 28.8 Å². The van der Waals surface area contributed by atoms with Crippen molar-refractivity contribution in [3.63, 3.8) is 0 Å². The minimum Gasteiger partial charge on any atom is -0.388 e. The van der Waals surface area contributed by atoms with Crippen LogP contribution in [0.4, 0.5) is 5.69 Å². The average Bonchev–Trinajstić information content (AvgIpc) is 3.56. The van der Waals surface area contributed by atoms with Gasteiger partial charge in [0.1, 0.15) is 5.60 Å². The molecule has 7 heteroatoms. The molecule has 2 aliphatic rings. The molecule has 4 N–H and O–H groups in total. The Labute approximate surface area is 176 Å². The molecule has 1 saturated carbocycles. The van der Waals surface area contributed by atoms with E-state index in [1.165, 1.54) is 0 Å². The summed E-state index contributed by atoms with van der Waals surface area (Å²) in [6.45, 7) is 2.36. The number of carbonyl (C=O) groups excluding carboxylic acids is 2. The third kappa shape index (κ3) is 3.91. The van der Waals surface area contributed by atoms with E-state index in [9.17, 15) is 14.7 Å². The number of benzene rings is 2. The molecule has 1 saturated heterocycles. The highest BCUT2D eigenvalue weighted by Crippen LogP contribution is 2.37. The van der Waals surface area contributed by atoms with Crippen LogP contribution in [0, 0.1) is 0 Å². The van der Waals surface area contributed by atoms with Gasteiger partial charge in [0.15, 0.2) is 0 Å². The van der Waals surface area contributed by atoms with Crippen molar-refractivity contribution in [1.82, 2.24) is 9.80 Å². The fourth-order valence-electron chi connectivity index (χ4n) is 3.89. The number of hydrogen-bond donors (Lipinski definition) is 3. The summed E-state index contributed by atoms with van der Waals surface area (Å²) in [5, 5.41) is 13.2. The van der Waals surface area contributed by atoms with Crippen molar-refractivity contribution >= 4 is 17.5 Å². The Morgan fingerprint density at radius 2 is 1.60 bits per heavy atom. The first-order chi connectivity index (χ1) is 14.4. The van der Waals surface area contributed by atoms with E-state index < -0.39 is 5.60 Å². The normalized spacial score (nSPS) is 17.6. The first-order valence-electron chi connectivity index (χ1n) is 10.4. The predicted molar refractivity (Wildman–Crippen MR) is 116 cm³/mol. The number of nitrogens with zero attached hydrogens (tertiary/aromatic N) is 2. The van der Waals surface area contributed by atoms with E-state index in [2.05, 4.69) is 11.4 Å². The first-order valence-corrected chi connectivity index (χ1v) is 10.4. The summed E-state index contributed by atoms with van der Waals surface area (Å²) in [7, 11) is 1.87. The second kappa shape index (κ2) is 8.08. The lowest BCUT2D eigenvalue weighted by Crippen LogP contribution is -2.53. The van der Waals surface area contributed by atoms with E-state index >= 15 is 0 Å². The smallest absolute Gasteiger partial charge is 0.254 e. The third-order valence-corrected chi connectivity index (χ3v) is 6.04. The van der Waals surface area contributed by atoms with Crippen molar-refractivity contribution in [3.8, 4) is 11.1 Å². The number of aliphatic hydroxyl groups is 1. The van der Waals surface area contributed by atoms with E-state index in [0.717, 1.165) is 22.4 Å². The Morgan fingerprint density at radius 3 is 2.17 bits per heavy atom. The Bertz CT molecular complexity index is 945. The van der Waals surface area contributed by atoms with Crippen LogP contribution in [0.25, 0.3) is 11.1 Å². The van der Waals surface area contributed by atoms with Crippen LogP contribution in [0.3, 0.4) is 0 Å². The fourth-order valence-corrected chi connectivity index (χ4v) is 3.89. The van der Waals surface area contributed by atoms with E-state index in [4.69, 9.17) is 5.73 Å². The molecule has 0 unspecified atom stereocenters. The lowest BCUT2D eigenvalue weighted by molar-refractivity contribution is -0.143. The van der Waals surface area contributed by atoms with Crippen LogP contribution < -0.4 is 11.1 Å². The standard InChI is InChI=1S/C23H28N4O3/c1-25-20-14-18(6-7-19(20)15-24)16-2-4-17(5-3-16)21(28)26-10-12-27(13-11-26)22(29)23(30)8-9-23/h2-7,14,25,30H,8-13,15,24H2,1H3. The van der Waals surface area contributed by atoms with Crippen molar-refractivity contribution in [2.75, 3.05) is 38.5 Å². The Kier molecular flexibility index (Phi) is 5.49.